The molecule has 2 aliphatic rings. The summed E-state index contributed by atoms with van der Waals surface area (Å²) in [6.45, 7) is 6.14. The van der Waals surface area contributed by atoms with Crippen LogP contribution in [0.3, 0.4) is 0 Å². The van der Waals surface area contributed by atoms with Gasteiger partial charge in [-0.15, -0.1) is 0 Å². The van der Waals surface area contributed by atoms with Crippen molar-refractivity contribution in [3.05, 3.63) is 29.6 Å². The van der Waals surface area contributed by atoms with Crippen LogP contribution in [0.4, 0.5) is 19.7 Å². The number of piperidine rings is 1. The van der Waals surface area contributed by atoms with Crippen LogP contribution in [0.2, 0.25) is 0 Å². The molecule has 2 heterocycles. The summed E-state index contributed by atoms with van der Waals surface area (Å²) in [5, 5.41) is 0. The van der Waals surface area contributed by atoms with Gasteiger partial charge < -0.3 is 14.4 Å². The van der Waals surface area contributed by atoms with Crippen molar-refractivity contribution < 1.29 is 36.1 Å². The van der Waals surface area contributed by atoms with Crippen LogP contribution in [0.5, 0.6) is 0 Å². The van der Waals surface area contributed by atoms with Gasteiger partial charge in [0.25, 0.3) is 10.1 Å². The molecule has 0 aliphatic carbocycles. The molecule has 3 rings (SSSR count). The van der Waals surface area contributed by atoms with Gasteiger partial charge in [-0.1, -0.05) is 6.07 Å². The number of ether oxygens (including phenoxy) is 2. The molecule has 9 nitrogen and oxygen atoms in total. The fourth-order valence-electron chi connectivity index (χ4n) is 3.73. The molecule has 2 amide bonds. The standard InChI is InChI=1S/C21H29FN2O7S/c1-21(2,3)31-19(25)23-9-7-14(8-10-23)17-6-5-15(11-18(17)22)24-12-16(30-20(24)26)13-29-32(4,27)28/h5-6,11,14,16H,7-10,12-13H2,1-4H3/t16-/m1/s1. The van der Waals surface area contributed by atoms with Crippen LogP contribution < -0.4 is 4.90 Å². The first kappa shape index (κ1) is 24.2. The van der Waals surface area contributed by atoms with Crippen LogP contribution in [-0.2, 0) is 23.8 Å². The second kappa shape index (κ2) is 9.22. The number of hydrogen-bond acceptors (Lipinski definition) is 7. The Morgan fingerprint density at radius 3 is 2.47 bits per heavy atom. The van der Waals surface area contributed by atoms with E-state index in [1.165, 1.54) is 11.0 Å². The van der Waals surface area contributed by atoms with Gasteiger partial charge in [0.2, 0.25) is 0 Å². The predicted octanol–water partition coefficient (Wildman–Crippen LogP) is 3.24. The Morgan fingerprint density at radius 2 is 1.91 bits per heavy atom. The molecule has 2 fully saturated rings. The van der Waals surface area contributed by atoms with E-state index >= 15 is 0 Å². The molecule has 0 aromatic heterocycles. The third-order valence-corrected chi connectivity index (χ3v) is 5.79. The van der Waals surface area contributed by atoms with Gasteiger partial charge in [0.1, 0.15) is 24.1 Å². The third-order valence-electron chi connectivity index (χ3n) is 5.22. The number of nitrogens with zero attached hydrogens (tertiary/aromatic N) is 2. The number of carbonyl (C=O) groups excluding carboxylic acids is 2. The monoisotopic (exact) mass is 472 g/mol. The lowest BCUT2D eigenvalue weighted by Gasteiger charge is -2.33. The van der Waals surface area contributed by atoms with Gasteiger partial charge in [0.15, 0.2) is 0 Å². The van der Waals surface area contributed by atoms with Crippen LogP contribution in [0.15, 0.2) is 18.2 Å². The molecule has 0 N–H and O–H groups in total. The maximum absolute atomic E-state index is 14.9. The number of cyclic esters (lactones) is 1. The van der Waals surface area contributed by atoms with Gasteiger partial charge in [-0.25, -0.2) is 14.0 Å². The Kier molecular flexibility index (Phi) is 6.99. The summed E-state index contributed by atoms with van der Waals surface area (Å²) in [6.07, 6.45) is 0.294. The van der Waals surface area contributed by atoms with Gasteiger partial charge in [-0.05, 0) is 57.2 Å². The molecule has 178 valence electrons. The lowest BCUT2D eigenvalue weighted by Crippen LogP contribution is -2.41. The number of halogens is 1. The fraction of sp³-hybridized carbons (Fsp3) is 0.619. The van der Waals surface area contributed by atoms with E-state index in [2.05, 4.69) is 4.18 Å². The topological polar surface area (TPSA) is 102 Å². The summed E-state index contributed by atoms with van der Waals surface area (Å²) in [5.74, 6) is -0.494. The molecule has 1 atom stereocenters. The molecule has 32 heavy (non-hydrogen) atoms. The lowest BCUT2D eigenvalue weighted by molar-refractivity contribution is 0.0204. The predicted molar refractivity (Wildman–Crippen MR) is 115 cm³/mol. The van der Waals surface area contributed by atoms with Gasteiger partial charge in [0.05, 0.1) is 18.5 Å². The molecular formula is C21H29FN2O7S. The van der Waals surface area contributed by atoms with Gasteiger partial charge in [-0.3, -0.25) is 9.08 Å². The highest BCUT2D eigenvalue weighted by molar-refractivity contribution is 7.85. The normalized spacial score (nSPS) is 20.4. The molecule has 0 saturated carbocycles. The average Bonchev–Trinajstić information content (AvgIpc) is 3.05. The number of carbonyl (C=O) groups is 2. The number of likely N-dealkylation sites (tertiary alicyclic amines) is 1. The highest BCUT2D eigenvalue weighted by atomic mass is 32.2. The van der Waals surface area contributed by atoms with Crippen LogP contribution >= 0.6 is 0 Å². The zero-order valence-corrected chi connectivity index (χ0v) is 19.5. The van der Waals surface area contributed by atoms with Crippen molar-refractivity contribution >= 4 is 28.0 Å². The summed E-state index contributed by atoms with van der Waals surface area (Å²) < 4.78 is 52.3. The second-order valence-electron chi connectivity index (χ2n) is 9.05. The molecule has 0 spiro atoms. The summed E-state index contributed by atoms with van der Waals surface area (Å²) >= 11 is 0. The fourth-order valence-corrected chi connectivity index (χ4v) is 4.13. The van der Waals surface area contributed by atoms with Crippen molar-refractivity contribution in [2.45, 2.75) is 51.2 Å². The van der Waals surface area contributed by atoms with E-state index in [0.29, 0.717) is 37.2 Å². The average molecular weight is 473 g/mol. The van der Waals surface area contributed by atoms with Crippen molar-refractivity contribution in [2.75, 3.05) is 37.4 Å². The quantitative estimate of drug-likeness (QED) is 0.606. The van der Waals surface area contributed by atoms with E-state index < -0.39 is 33.7 Å². The Morgan fingerprint density at radius 1 is 1.25 bits per heavy atom. The minimum atomic E-state index is -3.66. The van der Waals surface area contributed by atoms with Crippen LogP contribution in [0.25, 0.3) is 0 Å². The molecule has 0 bridgehead atoms. The van der Waals surface area contributed by atoms with Gasteiger partial charge in [-0.2, -0.15) is 8.42 Å². The van der Waals surface area contributed by atoms with E-state index in [0.717, 1.165) is 6.26 Å². The van der Waals surface area contributed by atoms with Gasteiger partial charge in [0, 0.05) is 13.1 Å². The van der Waals surface area contributed by atoms with Crippen molar-refractivity contribution in [2.24, 2.45) is 0 Å². The van der Waals surface area contributed by atoms with Crippen LogP contribution in [0, 0.1) is 5.82 Å². The van der Waals surface area contributed by atoms with Gasteiger partial charge >= 0.3 is 12.2 Å². The molecule has 1 aromatic carbocycles. The minimum absolute atomic E-state index is 0.0517. The molecule has 2 aliphatic heterocycles. The number of rotatable bonds is 5. The highest BCUT2D eigenvalue weighted by Crippen LogP contribution is 2.33. The second-order valence-corrected chi connectivity index (χ2v) is 10.7. The van der Waals surface area contributed by atoms with E-state index in [4.69, 9.17) is 9.47 Å². The Labute approximate surface area is 187 Å². The largest absolute Gasteiger partial charge is 0.444 e. The first-order chi connectivity index (χ1) is 14.8. The number of benzene rings is 1. The van der Waals surface area contributed by atoms with E-state index in [1.54, 1.807) is 17.0 Å². The minimum Gasteiger partial charge on any atom is -0.444 e. The van der Waals surface area contributed by atoms with E-state index in [9.17, 15) is 22.4 Å². The SMILES string of the molecule is CC(C)(C)OC(=O)N1CCC(c2ccc(N3C[C@H](COS(C)(=O)=O)OC3=O)cc2F)CC1. The van der Waals surface area contributed by atoms with Crippen molar-refractivity contribution in [1.82, 2.24) is 4.90 Å². The van der Waals surface area contributed by atoms with Crippen molar-refractivity contribution in [1.29, 1.82) is 0 Å². The Bertz CT molecular complexity index is 969. The summed E-state index contributed by atoms with van der Waals surface area (Å²) in [7, 11) is -3.66. The summed E-state index contributed by atoms with van der Waals surface area (Å²) in [4.78, 5) is 27.2. The molecule has 2 saturated heterocycles. The maximum Gasteiger partial charge on any atom is 0.414 e. The molecule has 11 heteroatoms. The summed E-state index contributed by atoms with van der Waals surface area (Å²) in [6, 6.07) is 4.56. The van der Waals surface area contributed by atoms with Crippen molar-refractivity contribution in [3.63, 3.8) is 0 Å². The Hall–Kier alpha value is -2.40. The zero-order valence-electron chi connectivity index (χ0n) is 18.7. The van der Waals surface area contributed by atoms with Crippen molar-refractivity contribution in [3.8, 4) is 0 Å². The highest BCUT2D eigenvalue weighted by Gasteiger charge is 2.34. The lowest BCUT2D eigenvalue weighted by atomic mass is 9.89. The first-order valence-electron chi connectivity index (χ1n) is 10.4. The van der Waals surface area contributed by atoms with Crippen LogP contribution in [-0.4, -0.2) is 69.7 Å². The molecule has 0 unspecified atom stereocenters. The summed E-state index contributed by atoms with van der Waals surface area (Å²) in [5.41, 5.74) is 0.286. The smallest absolute Gasteiger partial charge is 0.414 e. The molecular weight excluding hydrogens is 443 g/mol. The Balaban J connectivity index is 1.60. The molecule has 1 aromatic rings. The number of anilines is 1. The first-order valence-corrected chi connectivity index (χ1v) is 12.2. The zero-order chi connectivity index (χ0) is 23.7. The molecule has 0 radical (unpaired) electrons. The van der Waals surface area contributed by atoms with E-state index in [1.807, 2.05) is 20.8 Å². The maximum atomic E-state index is 14.9. The third kappa shape index (κ3) is 6.32. The van der Waals surface area contributed by atoms with E-state index in [-0.39, 0.29) is 25.2 Å². The van der Waals surface area contributed by atoms with Crippen LogP contribution in [0.1, 0.15) is 45.1 Å². The number of hydrogen-bond donors (Lipinski definition) is 0. The number of amides is 2.